The van der Waals surface area contributed by atoms with Gasteiger partial charge in [0.2, 0.25) is 0 Å². The summed E-state index contributed by atoms with van der Waals surface area (Å²) in [4.78, 5) is 11.5. The number of carboxylic acid groups (broad SMARTS) is 1. The zero-order valence-electron chi connectivity index (χ0n) is 23.2. The van der Waals surface area contributed by atoms with Crippen LogP contribution in [0.15, 0.2) is 40.9 Å². The van der Waals surface area contributed by atoms with Gasteiger partial charge in [0.15, 0.2) is 5.69 Å². The fraction of sp³-hybridized carbons (Fsp3) is 0.344. The minimum Gasteiger partial charge on any atom is -0.489 e. The number of aryl methyl sites for hydroxylation is 1. The lowest BCUT2D eigenvalue weighted by molar-refractivity contribution is -0.0896. The monoisotopic (exact) mass is 639 g/mol. The van der Waals surface area contributed by atoms with E-state index in [9.17, 15) is 15.0 Å². The van der Waals surface area contributed by atoms with Gasteiger partial charge in [0, 0.05) is 29.3 Å². The predicted octanol–water partition coefficient (Wildman–Crippen LogP) is 6.07. The first-order valence-electron chi connectivity index (χ1n) is 14.2. The Morgan fingerprint density at radius 1 is 1.14 bits per heavy atom. The lowest BCUT2D eigenvalue weighted by atomic mass is 9.62. The minimum absolute atomic E-state index is 0.0723. The fourth-order valence-electron chi connectivity index (χ4n) is 6.46. The molecular weight excluding hydrogens is 613 g/mol. The first-order chi connectivity index (χ1) is 20.6. The average molecular weight is 641 g/mol. The first kappa shape index (κ1) is 28.5. The lowest BCUT2D eigenvalue weighted by Gasteiger charge is -2.47. The molecule has 0 bridgehead atoms. The lowest BCUT2D eigenvalue weighted by Crippen LogP contribution is -2.45. The summed E-state index contributed by atoms with van der Waals surface area (Å²) in [7, 11) is 1.75. The van der Waals surface area contributed by atoms with Crippen LogP contribution in [0.4, 0.5) is 0 Å². The van der Waals surface area contributed by atoms with Gasteiger partial charge in [0.05, 0.1) is 31.6 Å². The Labute approximate surface area is 262 Å². The Balaban J connectivity index is 1.07. The Kier molecular flexibility index (Phi) is 7.08. The van der Waals surface area contributed by atoms with Crippen LogP contribution >= 0.6 is 34.8 Å². The summed E-state index contributed by atoms with van der Waals surface area (Å²) in [5.41, 5.74) is 1.69. The molecule has 4 aromatic rings. The number of ether oxygens (including phenoxy) is 1. The summed E-state index contributed by atoms with van der Waals surface area (Å²) in [6, 6.07) is 10.7. The van der Waals surface area contributed by atoms with Gasteiger partial charge in [-0.15, -0.1) is 0 Å². The van der Waals surface area contributed by atoms with Crippen LogP contribution in [-0.4, -0.2) is 31.1 Å². The molecule has 1 unspecified atom stereocenters. The minimum atomic E-state index is -1.05. The van der Waals surface area contributed by atoms with Gasteiger partial charge < -0.3 is 19.5 Å². The Morgan fingerprint density at radius 2 is 1.88 bits per heavy atom. The van der Waals surface area contributed by atoms with Crippen LogP contribution in [0.3, 0.4) is 0 Å². The van der Waals surface area contributed by atoms with E-state index in [2.05, 4.69) is 16.3 Å². The molecule has 3 aliphatic rings. The van der Waals surface area contributed by atoms with Gasteiger partial charge in [0.25, 0.3) is 0 Å². The number of aromatic carboxylic acids is 1. The molecule has 0 amide bonds. The second-order valence-corrected chi connectivity index (χ2v) is 12.9. The molecule has 0 spiro atoms. The highest BCUT2D eigenvalue weighted by Gasteiger charge is 2.47. The number of fused-ring (bicyclic) bond motifs is 1. The number of aromatic nitrogens is 3. The van der Waals surface area contributed by atoms with Gasteiger partial charge in [-0.25, -0.2) is 4.79 Å². The molecule has 2 heterocycles. The number of hydrogen-bond donors (Lipinski definition) is 2. The maximum atomic E-state index is 11.5. The van der Waals surface area contributed by atoms with Crippen molar-refractivity contribution in [2.75, 3.05) is 0 Å². The van der Waals surface area contributed by atoms with E-state index < -0.39 is 11.6 Å². The number of rotatable bonds is 8. The van der Waals surface area contributed by atoms with E-state index in [1.54, 1.807) is 36.0 Å². The Hall–Kier alpha value is -3.30. The molecule has 8 nitrogen and oxygen atoms in total. The van der Waals surface area contributed by atoms with Gasteiger partial charge in [0.1, 0.15) is 23.8 Å². The van der Waals surface area contributed by atoms with Crippen LogP contribution in [-0.2, 0) is 19.3 Å². The third kappa shape index (κ3) is 5.04. The van der Waals surface area contributed by atoms with Crippen molar-refractivity contribution in [3.8, 4) is 17.0 Å². The molecule has 0 saturated heterocycles. The smallest absolute Gasteiger partial charge is 0.357 e. The van der Waals surface area contributed by atoms with Crippen molar-refractivity contribution in [2.24, 2.45) is 18.9 Å². The van der Waals surface area contributed by atoms with E-state index in [-0.39, 0.29) is 24.1 Å². The second kappa shape index (κ2) is 10.7. The molecule has 7 rings (SSSR count). The van der Waals surface area contributed by atoms with Crippen molar-refractivity contribution in [3.05, 3.63) is 84.6 Å². The zero-order chi connectivity index (χ0) is 30.0. The number of hydrogen-bond acceptors (Lipinski definition) is 6. The van der Waals surface area contributed by atoms with Crippen molar-refractivity contribution in [1.29, 1.82) is 0 Å². The first-order valence-corrected chi connectivity index (χ1v) is 15.3. The third-order valence-electron chi connectivity index (χ3n) is 8.89. The number of carbonyl (C=O) groups is 1. The largest absolute Gasteiger partial charge is 0.489 e. The van der Waals surface area contributed by atoms with Crippen molar-refractivity contribution in [2.45, 2.75) is 50.2 Å². The summed E-state index contributed by atoms with van der Waals surface area (Å²) in [6.07, 6.45) is 7.89. The van der Waals surface area contributed by atoms with Gasteiger partial charge in [-0.1, -0.05) is 64.2 Å². The topological polar surface area (TPSA) is 111 Å². The van der Waals surface area contributed by atoms with E-state index >= 15 is 0 Å². The summed E-state index contributed by atoms with van der Waals surface area (Å²) in [5, 5.41) is 32.3. The van der Waals surface area contributed by atoms with Crippen LogP contribution in [0, 0.1) is 11.8 Å². The number of halogens is 3. The summed E-state index contributed by atoms with van der Waals surface area (Å²) in [6.45, 7) is 0.196. The third-order valence-corrected chi connectivity index (χ3v) is 9.84. The van der Waals surface area contributed by atoms with E-state index in [1.807, 2.05) is 18.2 Å². The van der Waals surface area contributed by atoms with Crippen LogP contribution in [0.2, 0.25) is 15.1 Å². The van der Waals surface area contributed by atoms with E-state index in [1.165, 1.54) is 0 Å². The molecule has 1 atom stereocenters. The molecule has 3 aliphatic carbocycles. The maximum Gasteiger partial charge on any atom is 0.357 e. The van der Waals surface area contributed by atoms with Gasteiger partial charge in [-0.2, -0.15) is 5.10 Å². The molecular formula is C32H28Cl3N3O5. The van der Waals surface area contributed by atoms with Crippen LogP contribution in [0.5, 0.6) is 5.75 Å². The summed E-state index contributed by atoms with van der Waals surface area (Å²) >= 11 is 19.7. The highest BCUT2D eigenvalue weighted by atomic mass is 35.5. The molecule has 0 radical (unpaired) electrons. The second-order valence-electron chi connectivity index (χ2n) is 11.7. The maximum absolute atomic E-state index is 11.5. The van der Waals surface area contributed by atoms with Crippen LogP contribution in [0.25, 0.3) is 23.4 Å². The number of carboxylic acids is 1. The summed E-state index contributed by atoms with van der Waals surface area (Å²) < 4.78 is 13.5. The van der Waals surface area contributed by atoms with Crippen molar-refractivity contribution < 1.29 is 24.3 Å². The molecule has 2 saturated carbocycles. The molecule has 222 valence electrons. The SMILES string of the molecule is Cn1nc(C(=O)O)c2c1=CC(C1CC(O)(c3ccc(OCc4c(-c5c(Cl)cccc5Cl)noc4C4CC4)cc3Cl)C1)CC=2. The van der Waals surface area contributed by atoms with Gasteiger partial charge >= 0.3 is 5.97 Å². The molecule has 2 fully saturated rings. The highest BCUT2D eigenvalue weighted by molar-refractivity contribution is 6.39. The molecule has 2 N–H and O–H groups in total. The number of benzene rings is 2. The van der Waals surface area contributed by atoms with E-state index in [0.717, 1.165) is 29.5 Å². The van der Waals surface area contributed by atoms with E-state index in [0.29, 0.717) is 68.0 Å². The number of aliphatic hydroxyl groups is 1. The Bertz CT molecular complexity index is 1870. The molecule has 43 heavy (non-hydrogen) atoms. The van der Waals surface area contributed by atoms with Crippen LogP contribution in [0.1, 0.15) is 65.4 Å². The van der Waals surface area contributed by atoms with Gasteiger partial charge in [-0.05, 0) is 68.2 Å². The van der Waals surface area contributed by atoms with Crippen molar-refractivity contribution >= 4 is 52.9 Å². The van der Waals surface area contributed by atoms with Crippen LogP contribution < -0.4 is 15.3 Å². The highest BCUT2D eigenvalue weighted by Crippen LogP contribution is 2.52. The number of nitrogens with zero attached hydrogens (tertiary/aromatic N) is 3. The van der Waals surface area contributed by atoms with Crippen molar-refractivity contribution in [3.63, 3.8) is 0 Å². The predicted molar refractivity (Wildman–Crippen MR) is 163 cm³/mol. The average Bonchev–Trinajstić information content (AvgIpc) is 3.63. The molecule has 0 aliphatic heterocycles. The Morgan fingerprint density at radius 3 is 2.56 bits per heavy atom. The van der Waals surface area contributed by atoms with Gasteiger partial charge in [-0.3, -0.25) is 4.68 Å². The quantitative estimate of drug-likeness (QED) is 0.241. The van der Waals surface area contributed by atoms with E-state index in [4.69, 9.17) is 44.1 Å². The van der Waals surface area contributed by atoms with Crippen molar-refractivity contribution in [1.82, 2.24) is 14.9 Å². The standard InChI is InChI=1S/C32H28Cl3N3O5/c1-38-26-11-17(7-9-20(26)29(36-38)31(39)40)18-13-32(41,14-18)22-10-8-19(12-25(22)35)42-15-21-28(37-43-30(21)16-5-6-16)27-23(33)3-2-4-24(27)34/h2-4,8-12,16-18,41H,5-7,13-15H2,1H3,(H,39,40). The zero-order valence-corrected chi connectivity index (χ0v) is 25.5. The fourth-order valence-corrected chi connectivity index (χ4v) is 7.38. The molecule has 11 heteroatoms. The normalized spacial score (nSPS) is 22.7. The molecule has 2 aromatic heterocycles. The summed E-state index contributed by atoms with van der Waals surface area (Å²) in [5.74, 6) is 1.02. The molecule has 2 aromatic carbocycles.